The quantitative estimate of drug-likeness (QED) is 0.398. The summed E-state index contributed by atoms with van der Waals surface area (Å²) in [6, 6.07) is 18.5. The Balaban J connectivity index is 1.71. The largest absolute Gasteiger partial charge is 0.288 e. The van der Waals surface area contributed by atoms with E-state index < -0.39 is 0 Å². The molecule has 0 saturated carbocycles. The molecule has 4 rings (SSSR count). The summed E-state index contributed by atoms with van der Waals surface area (Å²) < 4.78 is 0. The van der Waals surface area contributed by atoms with Crippen LogP contribution < -0.4 is 0 Å². The summed E-state index contributed by atoms with van der Waals surface area (Å²) in [7, 11) is 0. The first-order valence-electron chi connectivity index (χ1n) is 7.59. The van der Waals surface area contributed by atoms with E-state index in [1.807, 2.05) is 41.1 Å². The Morgan fingerprint density at radius 3 is 1.92 bits per heavy atom. The lowest BCUT2D eigenvalue weighted by atomic mass is 9.98. The van der Waals surface area contributed by atoms with E-state index in [1.165, 1.54) is 22.7 Å². The van der Waals surface area contributed by atoms with Gasteiger partial charge in [0, 0.05) is 20.9 Å². The first-order chi connectivity index (χ1) is 12.2. The van der Waals surface area contributed by atoms with Crippen molar-refractivity contribution in [3.05, 3.63) is 92.3 Å². The number of hydrogen-bond donors (Lipinski definition) is 0. The second-order valence-corrected chi connectivity index (χ2v) is 8.30. The average molecular weight is 381 g/mol. The Kier molecular flexibility index (Phi) is 4.44. The summed E-state index contributed by atoms with van der Waals surface area (Å²) in [6.45, 7) is 0. The van der Waals surface area contributed by atoms with E-state index in [9.17, 15) is 9.59 Å². The molecule has 3 aromatic heterocycles. The predicted octanol–water partition coefficient (Wildman–Crippen LogP) is 6.00. The summed E-state index contributed by atoms with van der Waals surface area (Å²) >= 11 is 4.50. The van der Waals surface area contributed by atoms with Crippen molar-refractivity contribution >= 4 is 45.6 Å². The van der Waals surface area contributed by atoms with Gasteiger partial charge in [-0.2, -0.15) is 0 Å². The van der Waals surface area contributed by atoms with Gasteiger partial charge in [-0.05, 0) is 35.0 Å². The average Bonchev–Trinajstić information content (AvgIpc) is 3.42. The number of rotatable bonds is 5. The maximum Gasteiger partial charge on any atom is 0.203 e. The van der Waals surface area contributed by atoms with Gasteiger partial charge in [0.25, 0.3) is 0 Å². The van der Waals surface area contributed by atoms with Crippen molar-refractivity contribution in [3.8, 4) is 9.75 Å². The first-order valence-corrected chi connectivity index (χ1v) is 10.2. The van der Waals surface area contributed by atoms with Crippen molar-refractivity contribution in [1.29, 1.82) is 0 Å². The predicted molar refractivity (Wildman–Crippen MR) is 105 cm³/mol. The molecular weight excluding hydrogens is 368 g/mol. The van der Waals surface area contributed by atoms with E-state index in [-0.39, 0.29) is 11.6 Å². The molecule has 0 saturated heterocycles. The molecule has 0 amide bonds. The number of carbonyl (C=O) groups excluding carboxylic acids is 2. The second kappa shape index (κ2) is 6.88. The highest BCUT2D eigenvalue weighted by Gasteiger charge is 2.21. The van der Waals surface area contributed by atoms with E-state index in [0.29, 0.717) is 20.9 Å². The third-order valence-corrected chi connectivity index (χ3v) is 6.77. The van der Waals surface area contributed by atoms with Gasteiger partial charge in [-0.1, -0.05) is 36.4 Å². The minimum Gasteiger partial charge on any atom is -0.288 e. The summed E-state index contributed by atoms with van der Waals surface area (Å²) in [4.78, 5) is 29.2. The van der Waals surface area contributed by atoms with Crippen LogP contribution in [0, 0.1) is 0 Å². The van der Waals surface area contributed by atoms with E-state index in [4.69, 9.17) is 0 Å². The van der Waals surface area contributed by atoms with Gasteiger partial charge < -0.3 is 0 Å². The molecular formula is C20H12O2S3. The van der Waals surface area contributed by atoms with Gasteiger partial charge in [0.1, 0.15) is 0 Å². The number of ketones is 2. The zero-order chi connectivity index (χ0) is 17.2. The van der Waals surface area contributed by atoms with Crippen LogP contribution in [0.5, 0.6) is 0 Å². The van der Waals surface area contributed by atoms with Crippen molar-refractivity contribution < 1.29 is 9.59 Å². The van der Waals surface area contributed by atoms with Crippen LogP contribution in [0.25, 0.3) is 9.75 Å². The van der Waals surface area contributed by atoms with Crippen molar-refractivity contribution in [1.82, 2.24) is 0 Å². The molecule has 4 aromatic rings. The first kappa shape index (κ1) is 16.1. The van der Waals surface area contributed by atoms with Gasteiger partial charge in [-0.15, -0.1) is 34.0 Å². The van der Waals surface area contributed by atoms with Crippen LogP contribution in [0.2, 0.25) is 0 Å². The lowest BCUT2D eigenvalue weighted by Gasteiger charge is -2.05. The second-order valence-electron chi connectivity index (χ2n) is 5.32. The summed E-state index contributed by atoms with van der Waals surface area (Å²) in [5.74, 6) is -0.206. The van der Waals surface area contributed by atoms with Crippen LogP contribution in [0.4, 0.5) is 0 Å². The number of carbonyl (C=O) groups is 2. The van der Waals surface area contributed by atoms with E-state index >= 15 is 0 Å². The summed E-state index contributed by atoms with van der Waals surface area (Å²) in [6.07, 6.45) is 0. The zero-order valence-electron chi connectivity index (χ0n) is 13.0. The highest BCUT2D eigenvalue weighted by molar-refractivity contribution is 7.22. The molecule has 0 bridgehead atoms. The lowest BCUT2D eigenvalue weighted by Crippen LogP contribution is -2.09. The molecule has 0 aliphatic heterocycles. The smallest absolute Gasteiger partial charge is 0.203 e. The highest BCUT2D eigenvalue weighted by atomic mass is 32.1. The molecule has 0 spiro atoms. The van der Waals surface area contributed by atoms with Crippen LogP contribution in [-0.4, -0.2) is 11.6 Å². The monoisotopic (exact) mass is 380 g/mol. The fourth-order valence-electron chi connectivity index (χ4n) is 2.56. The molecule has 0 unspecified atom stereocenters. The molecule has 1 aromatic carbocycles. The third-order valence-electron chi connectivity index (χ3n) is 3.76. The van der Waals surface area contributed by atoms with Gasteiger partial charge in [0.15, 0.2) is 0 Å². The fourth-order valence-corrected chi connectivity index (χ4v) is 5.04. The lowest BCUT2D eigenvalue weighted by molar-refractivity contribution is 0.101. The molecule has 122 valence electrons. The van der Waals surface area contributed by atoms with Crippen LogP contribution in [0.3, 0.4) is 0 Å². The van der Waals surface area contributed by atoms with Gasteiger partial charge in [-0.25, -0.2) is 0 Å². The molecule has 0 radical (unpaired) electrons. The standard InChI is InChI=1S/C20H12O2S3/c21-19(17-8-4-12-24-17)13-5-1-2-6-14(13)20(22)18-10-9-16(25-18)15-7-3-11-23-15/h1-12H. The van der Waals surface area contributed by atoms with E-state index in [2.05, 4.69) is 0 Å². The van der Waals surface area contributed by atoms with Crippen molar-refractivity contribution in [2.45, 2.75) is 0 Å². The van der Waals surface area contributed by atoms with Crippen LogP contribution in [-0.2, 0) is 0 Å². The van der Waals surface area contributed by atoms with Gasteiger partial charge in [0.05, 0.1) is 9.75 Å². The van der Waals surface area contributed by atoms with Crippen LogP contribution in [0.1, 0.15) is 30.5 Å². The highest BCUT2D eigenvalue weighted by Crippen LogP contribution is 2.33. The van der Waals surface area contributed by atoms with Crippen molar-refractivity contribution in [3.63, 3.8) is 0 Å². The van der Waals surface area contributed by atoms with Crippen LogP contribution >= 0.6 is 34.0 Å². The maximum absolute atomic E-state index is 13.0. The number of hydrogen-bond acceptors (Lipinski definition) is 5. The number of benzene rings is 1. The Morgan fingerprint density at radius 2 is 1.28 bits per heavy atom. The van der Waals surface area contributed by atoms with E-state index in [1.54, 1.807) is 41.7 Å². The van der Waals surface area contributed by atoms with Crippen LogP contribution in [0.15, 0.2) is 71.4 Å². The molecule has 2 nitrogen and oxygen atoms in total. The fraction of sp³-hybridized carbons (Fsp3) is 0. The number of thiophene rings is 3. The molecule has 25 heavy (non-hydrogen) atoms. The molecule has 0 aliphatic rings. The van der Waals surface area contributed by atoms with E-state index in [0.717, 1.165) is 9.75 Å². The Hall–Kier alpha value is -2.34. The van der Waals surface area contributed by atoms with Gasteiger partial charge in [-0.3, -0.25) is 9.59 Å². The van der Waals surface area contributed by atoms with Crippen molar-refractivity contribution in [2.75, 3.05) is 0 Å². The molecule has 0 aliphatic carbocycles. The third kappa shape index (κ3) is 3.14. The minimum absolute atomic E-state index is 0.103. The van der Waals surface area contributed by atoms with Crippen molar-refractivity contribution in [2.24, 2.45) is 0 Å². The molecule has 0 atom stereocenters. The van der Waals surface area contributed by atoms with Gasteiger partial charge >= 0.3 is 0 Å². The Morgan fingerprint density at radius 1 is 0.600 bits per heavy atom. The zero-order valence-corrected chi connectivity index (χ0v) is 15.4. The SMILES string of the molecule is O=C(c1cccs1)c1ccccc1C(=O)c1ccc(-c2cccs2)s1. The normalized spacial score (nSPS) is 10.7. The minimum atomic E-state index is -0.103. The topological polar surface area (TPSA) is 34.1 Å². The Labute approximate surface area is 157 Å². The molecule has 3 heterocycles. The molecule has 5 heteroatoms. The van der Waals surface area contributed by atoms with Gasteiger partial charge in [0.2, 0.25) is 11.6 Å². The Bertz CT molecular complexity index is 1020. The molecule has 0 N–H and O–H groups in total. The summed E-state index contributed by atoms with van der Waals surface area (Å²) in [5, 5.41) is 3.88. The maximum atomic E-state index is 13.0. The molecule has 0 fully saturated rings. The summed E-state index contributed by atoms with van der Waals surface area (Å²) in [5.41, 5.74) is 0.918.